The van der Waals surface area contributed by atoms with Gasteiger partial charge in [0.2, 0.25) is 11.8 Å². The van der Waals surface area contributed by atoms with Crippen molar-refractivity contribution in [1.29, 1.82) is 0 Å². The highest BCUT2D eigenvalue weighted by molar-refractivity contribution is 6.91. The number of anilines is 1. The molecule has 0 aliphatic carbocycles. The van der Waals surface area contributed by atoms with Crippen molar-refractivity contribution in [2.75, 3.05) is 39.2 Å². The molecule has 43 heavy (non-hydrogen) atoms. The van der Waals surface area contributed by atoms with E-state index in [2.05, 4.69) is 42.8 Å². The third-order valence-corrected chi connectivity index (χ3v) is 14.1. The minimum Gasteiger partial charge on any atom is -0.497 e. The maximum absolute atomic E-state index is 13.9. The second-order valence-electron chi connectivity index (χ2n) is 12.8. The molecule has 0 aromatic heterocycles. The second kappa shape index (κ2) is 13.4. The number of fused-ring (bicyclic) bond motifs is 1. The zero-order chi connectivity index (χ0) is 30.7. The highest BCUT2D eigenvalue weighted by Crippen LogP contribution is 2.48. The molecule has 2 saturated heterocycles. The number of amides is 2. The van der Waals surface area contributed by atoms with Crippen LogP contribution in [0.3, 0.4) is 0 Å². The number of nitrogens with one attached hydrogen (secondary N) is 2. The molecule has 2 amide bonds. The SMILES string of the molecule is COc1ccc([Si](C)(C)C(CC(=O)N2CCC[C@H]2CO)[C@H]2Oc3ccc(NC(=O)[C@H]4CCCN4)cc3[C@@H](OC)[C@@H]2C)cc1. The fourth-order valence-electron chi connectivity index (χ4n) is 7.27. The number of carbonyl (C=O) groups excluding carboxylic acids is 2. The lowest BCUT2D eigenvalue weighted by molar-refractivity contribution is -0.133. The van der Waals surface area contributed by atoms with Crippen LogP contribution in [0.1, 0.15) is 50.7 Å². The van der Waals surface area contributed by atoms with E-state index in [1.165, 1.54) is 5.19 Å². The topological polar surface area (TPSA) is 109 Å². The van der Waals surface area contributed by atoms with E-state index in [9.17, 15) is 14.7 Å². The fourth-order valence-corrected chi connectivity index (χ4v) is 10.6. The maximum Gasteiger partial charge on any atom is 0.241 e. The maximum atomic E-state index is 13.9. The highest BCUT2D eigenvalue weighted by Gasteiger charge is 2.49. The van der Waals surface area contributed by atoms with Crippen molar-refractivity contribution in [1.82, 2.24) is 10.2 Å². The van der Waals surface area contributed by atoms with Crippen LogP contribution in [0.2, 0.25) is 18.6 Å². The van der Waals surface area contributed by atoms with E-state index < -0.39 is 8.07 Å². The molecule has 0 spiro atoms. The van der Waals surface area contributed by atoms with Gasteiger partial charge in [-0.1, -0.05) is 37.3 Å². The zero-order valence-corrected chi connectivity index (χ0v) is 27.1. The van der Waals surface area contributed by atoms with Crippen LogP contribution in [0.25, 0.3) is 0 Å². The van der Waals surface area contributed by atoms with Crippen molar-refractivity contribution in [2.45, 2.75) is 82.0 Å². The quantitative estimate of drug-likeness (QED) is 0.352. The summed E-state index contributed by atoms with van der Waals surface area (Å²) >= 11 is 0. The Balaban J connectivity index is 1.46. The van der Waals surface area contributed by atoms with Crippen molar-refractivity contribution >= 4 is 30.8 Å². The summed E-state index contributed by atoms with van der Waals surface area (Å²) in [6, 6.07) is 13.7. The van der Waals surface area contributed by atoms with Crippen LogP contribution in [-0.2, 0) is 14.3 Å². The number of likely N-dealkylation sites (tertiary alicyclic amines) is 1. The van der Waals surface area contributed by atoms with Gasteiger partial charge in [-0.2, -0.15) is 0 Å². The normalized spacial score (nSPS) is 26.0. The van der Waals surface area contributed by atoms with E-state index in [0.717, 1.165) is 55.0 Å². The van der Waals surface area contributed by atoms with Crippen molar-refractivity contribution in [3.63, 3.8) is 0 Å². The van der Waals surface area contributed by atoms with Crippen LogP contribution in [0, 0.1) is 5.92 Å². The Labute approximate surface area is 256 Å². The first-order valence-corrected chi connectivity index (χ1v) is 18.7. The molecule has 5 rings (SSSR count). The summed E-state index contributed by atoms with van der Waals surface area (Å²) in [5.74, 6) is 1.51. The predicted octanol–water partition coefficient (Wildman–Crippen LogP) is 3.83. The van der Waals surface area contributed by atoms with Crippen LogP contribution in [-0.4, -0.2) is 82.0 Å². The molecule has 234 valence electrons. The van der Waals surface area contributed by atoms with Gasteiger partial charge in [0.25, 0.3) is 0 Å². The third-order valence-electron chi connectivity index (χ3n) is 9.93. The lowest BCUT2D eigenvalue weighted by Crippen LogP contribution is -2.55. The number of methoxy groups -OCH3 is 2. The van der Waals surface area contributed by atoms with E-state index in [4.69, 9.17) is 14.2 Å². The Bertz CT molecular complexity index is 1280. The van der Waals surface area contributed by atoms with Gasteiger partial charge in [-0.15, -0.1) is 0 Å². The summed E-state index contributed by atoms with van der Waals surface area (Å²) in [7, 11) is 1.03. The Morgan fingerprint density at radius 1 is 1.14 bits per heavy atom. The van der Waals surface area contributed by atoms with E-state index >= 15 is 0 Å². The third kappa shape index (κ3) is 6.48. The molecule has 9 nitrogen and oxygen atoms in total. The monoisotopic (exact) mass is 609 g/mol. The van der Waals surface area contributed by atoms with Crippen LogP contribution >= 0.6 is 0 Å². The average Bonchev–Trinajstić information content (AvgIpc) is 3.73. The number of aliphatic hydroxyl groups excluding tert-OH is 1. The highest BCUT2D eigenvalue weighted by atomic mass is 28.3. The largest absolute Gasteiger partial charge is 0.497 e. The van der Waals surface area contributed by atoms with Gasteiger partial charge in [0.05, 0.1) is 40.0 Å². The number of carbonyl (C=O) groups is 2. The first-order valence-electron chi connectivity index (χ1n) is 15.6. The molecule has 1 unspecified atom stereocenters. The summed E-state index contributed by atoms with van der Waals surface area (Å²) in [4.78, 5) is 28.6. The van der Waals surface area contributed by atoms with Crippen LogP contribution in [0.4, 0.5) is 5.69 Å². The number of aliphatic hydroxyl groups is 1. The van der Waals surface area contributed by atoms with E-state index in [1.54, 1.807) is 14.2 Å². The summed E-state index contributed by atoms with van der Waals surface area (Å²) in [5.41, 5.74) is 1.55. The lowest BCUT2D eigenvalue weighted by atomic mass is 9.86. The summed E-state index contributed by atoms with van der Waals surface area (Å²) in [6.45, 7) is 8.28. The smallest absolute Gasteiger partial charge is 0.241 e. The second-order valence-corrected chi connectivity index (χ2v) is 17.6. The van der Waals surface area contributed by atoms with Gasteiger partial charge in [-0.25, -0.2) is 0 Å². The molecule has 3 heterocycles. The number of hydrogen-bond donors (Lipinski definition) is 3. The van der Waals surface area contributed by atoms with Gasteiger partial charge < -0.3 is 34.9 Å². The molecular formula is C33H47N3O6Si. The molecule has 0 saturated carbocycles. The standard InChI is InChI=1S/C33H47N3O6Si/c1-21-31(41-3)26-18-22(35-33(39)27-9-6-16-34-27)10-15-28(26)42-32(21)29(19-30(38)36-17-7-8-23(36)20-37)43(4,5)25-13-11-24(40-2)12-14-25/h10-15,18,21,23,27,29,31-32,34,37H,6-9,16-17,19-20H2,1-5H3,(H,35,39)/t21-,23-,27+,29?,31-,32-/m0/s1. The van der Waals surface area contributed by atoms with E-state index in [1.807, 2.05) is 35.2 Å². The minimum absolute atomic E-state index is 0.0131. The first kappa shape index (κ1) is 31.5. The molecule has 2 aromatic rings. The fraction of sp³-hybridized carbons (Fsp3) is 0.576. The number of ether oxygens (including phenoxy) is 3. The Hall–Kier alpha value is -2.92. The Morgan fingerprint density at radius 3 is 2.56 bits per heavy atom. The van der Waals surface area contributed by atoms with Crippen molar-refractivity contribution in [3.05, 3.63) is 48.0 Å². The van der Waals surface area contributed by atoms with Gasteiger partial charge in [-0.05, 0) is 62.6 Å². The molecule has 10 heteroatoms. The summed E-state index contributed by atoms with van der Waals surface area (Å²) < 4.78 is 18.4. The van der Waals surface area contributed by atoms with Gasteiger partial charge in [-0.3, -0.25) is 9.59 Å². The van der Waals surface area contributed by atoms with E-state index in [-0.39, 0.29) is 54.2 Å². The molecule has 3 N–H and O–H groups in total. The molecule has 0 bridgehead atoms. The first-order chi connectivity index (χ1) is 20.7. The zero-order valence-electron chi connectivity index (χ0n) is 26.1. The Kier molecular flexibility index (Phi) is 9.80. The number of nitrogens with zero attached hydrogens (tertiary/aromatic N) is 1. The van der Waals surface area contributed by atoms with Crippen LogP contribution in [0.5, 0.6) is 11.5 Å². The van der Waals surface area contributed by atoms with Crippen LogP contribution < -0.4 is 25.3 Å². The number of rotatable bonds is 10. The molecule has 0 radical (unpaired) electrons. The van der Waals surface area contributed by atoms with Crippen molar-refractivity contribution in [2.24, 2.45) is 5.92 Å². The van der Waals surface area contributed by atoms with Crippen molar-refractivity contribution < 1.29 is 28.9 Å². The minimum atomic E-state index is -2.34. The van der Waals surface area contributed by atoms with E-state index in [0.29, 0.717) is 13.0 Å². The van der Waals surface area contributed by atoms with Crippen molar-refractivity contribution in [3.8, 4) is 11.5 Å². The average molecular weight is 610 g/mol. The molecule has 6 atom stereocenters. The van der Waals surface area contributed by atoms with Gasteiger partial charge in [0.1, 0.15) is 17.6 Å². The molecule has 2 aromatic carbocycles. The molecular weight excluding hydrogens is 562 g/mol. The number of hydrogen-bond acceptors (Lipinski definition) is 7. The molecule has 2 fully saturated rings. The predicted molar refractivity (Wildman–Crippen MR) is 170 cm³/mol. The van der Waals surface area contributed by atoms with Gasteiger partial charge in [0.15, 0.2) is 0 Å². The summed E-state index contributed by atoms with van der Waals surface area (Å²) in [5, 5.41) is 17.5. The molecule has 3 aliphatic rings. The lowest BCUT2D eigenvalue weighted by Gasteiger charge is -2.46. The Morgan fingerprint density at radius 2 is 1.91 bits per heavy atom. The summed E-state index contributed by atoms with van der Waals surface area (Å²) in [6.07, 6.45) is 3.37. The number of benzene rings is 2. The molecule has 3 aliphatic heterocycles. The van der Waals surface area contributed by atoms with Gasteiger partial charge in [0, 0.05) is 42.8 Å². The van der Waals surface area contributed by atoms with Gasteiger partial charge >= 0.3 is 0 Å². The van der Waals surface area contributed by atoms with Crippen LogP contribution in [0.15, 0.2) is 42.5 Å².